The Kier molecular flexibility index (Phi) is 8.17. The summed E-state index contributed by atoms with van der Waals surface area (Å²) in [5.74, 6) is 1.69. The number of unbranched alkanes of at least 4 members (excludes halogenated alkanes) is 1. The molecule has 0 amide bonds. The highest BCUT2D eigenvalue weighted by Gasteiger charge is 2.34. The maximum Gasteiger partial charge on any atom is 0.0771 e. The molecule has 0 bridgehead atoms. The van der Waals surface area contributed by atoms with Gasteiger partial charge in [0.1, 0.15) is 0 Å². The number of halogens is 1. The van der Waals surface area contributed by atoms with Crippen LogP contribution in [0.2, 0.25) is 0 Å². The summed E-state index contributed by atoms with van der Waals surface area (Å²) in [5.41, 5.74) is 0.215. The monoisotopic (exact) mass is 366 g/mol. The molecule has 0 aromatic rings. The smallest absolute Gasteiger partial charge is 0.0771 e. The van der Waals surface area contributed by atoms with E-state index < -0.39 is 0 Å². The number of hydrogen-bond acceptors (Lipinski definition) is 1. The van der Waals surface area contributed by atoms with Crippen molar-refractivity contribution in [2.24, 2.45) is 11.8 Å². The van der Waals surface area contributed by atoms with E-state index in [9.17, 15) is 0 Å². The minimum Gasteiger partial charge on any atom is -0.374 e. The lowest BCUT2D eigenvalue weighted by molar-refractivity contribution is -0.0725. The van der Waals surface area contributed by atoms with Gasteiger partial charge >= 0.3 is 0 Å². The molecular formula is C16H31IO. The zero-order valence-electron chi connectivity index (χ0n) is 12.5. The Balaban J connectivity index is 2.37. The van der Waals surface area contributed by atoms with E-state index in [1.807, 2.05) is 0 Å². The predicted octanol–water partition coefficient (Wildman–Crippen LogP) is 5.60. The van der Waals surface area contributed by atoms with Crippen LogP contribution in [0.25, 0.3) is 0 Å². The molecule has 0 saturated heterocycles. The second kappa shape index (κ2) is 8.78. The predicted molar refractivity (Wildman–Crippen MR) is 88.5 cm³/mol. The fraction of sp³-hybridized carbons (Fsp3) is 1.00. The number of rotatable bonds is 8. The third-order valence-electron chi connectivity index (χ3n) is 4.60. The van der Waals surface area contributed by atoms with Crippen molar-refractivity contribution in [2.45, 2.75) is 77.7 Å². The lowest BCUT2D eigenvalue weighted by Crippen LogP contribution is -2.39. The topological polar surface area (TPSA) is 9.23 Å². The molecule has 0 heterocycles. The zero-order valence-corrected chi connectivity index (χ0v) is 14.7. The van der Waals surface area contributed by atoms with Crippen LogP contribution in [0.5, 0.6) is 0 Å². The fourth-order valence-corrected chi connectivity index (χ4v) is 3.78. The molecule has 0 spiro atoms. The summed E-state index contributed by atoms with van der Waals surface area (Å²) < 4.78 is 7.58. The van der Waals surface area contributed by atoms with Crippen LogP contribution in [0, 0.1) is 11.8 Å². The molecule has 0 radical (unpaired) electrons. The first-order chi connectivity index (χ1) is 8.65. The van der Waals surface area contributed by atoms with E-state index >= 15 is 0 Å². The first kappa shape index (κ1) is 16.7. The van der Waals surface area contributed by atoms with Crippen molar-refractivity contribution >= 4 is 22.6 Å². The van der Waals surface area contributed by atoms with Crippen LogP contribution in [-0.4, -0.2) is 16.6 Å². The van der Waals surface area contributed by atoms with E-state index in [0.717, 1.165) is 18.4 Å². The van der Waals surface area contributed by atoms with Crippen molar-refractivity contribution < 1.29 is 4.74 Å². The van der Waals surface area contributed by atoms with E-state index in [1.54, 1.807) is 0 Å². The Bertz CT molecular complexity index is 209. The summed E-state index contributed by atoms with van der Waals surface area (Å²) in [6.45, 7) is 7.97. The SMILES string of the molecule is CCCCC(CC)COC1(CI)CCC(C)CC1. The van der Waals surface area contributed by atoms with Crippen LogP contribution in [-0.2, 0) is 4.74 Å². The van der Waals surface area contributed by atoms with Gasteiger partial charge in [-0.15, -0.1) is 0 Å². The van der Waals surface area contributed by atoms with Crippen molar-refractivity contribution in [3.05, 3.63) is 0 Å². The molecule has 1 fully saturated rings. The van der Waals surface area contributed by atoms with Gasteiger partial charge in [0, 0.05) is 4.43 Å². The van der Waals surface area contributed by atoms with Crippen molar-refractivity contribution in [3.63, 3.8) is 0 Å². The van der Waals surface area contributed by atoms with Crippen molar-refractivity contribution in [1.29, 1.82) is 0 Å². The number of ether oxygens (including phenoxy) is 1. The summed E-state index contributed by atoms with van der Waals surface area (Å²) in [5, 5.41) is 0. The van der Waals surface area contributed by atoms with Gasteiger partial charge in [0.25, 0.3) is 0 Å². The highest BCUT2D eigenvalue weighted by molar-refractivity contribution is 14.1. The van der Waals surface area contributed by atoms with Crippen LogP contribution < -0.4 is 0 Å². The Morgan fingerprint density at radius 2 is 1.94 bits per heavy atom. The summed E-state index contributed by atoms with van der Waals surface area (Å²) in [6, 6.07) is 0. The van der Waals surface area contributed by atoms with Crippen LogP contribution in [0.3, 0.4) is 0 Å². The van der Waals surface area contributed by atoms with Gasteiger partial charge in [0.05, 0.1) is 12.2 Å². The minimum atomic E-state index is 0.215. The Morgan fingerprint density at radius 1 is 1.28 bits per heavy atom. The third kappa shape index (κ3) is 5.36. The Labute approximate surface area is 128 Å². The van der Waals surface area contributed by atoms with Crippen LogP contribution >= 0.6 is 22.6 Å². The molecule has 1 saturated carbocycles. The van der Waals surface area contributed by atoms with Crippen molar-refractivity contribution in [2.75, 3.05) is 11.0 Å². The first-order valence-corrected chi connectivity index (χ1v) is 9.38. The lowest BCUT2D eigenvalue weighted by Gasteiger charge is -2.39. The van der Waals surface area contributed by atoms with Crippen molar-refractivity contribution in [3.8, 4) is 0 Å². The maximum absolute atomic E-state index is 6.41. The average molecular weight is 366 g/mol. The minimum absolute atomic E-state index is 0.215. The van der Waals surface area contributed by atoms with E-state index in [1.165, 1.54) is 55.8 Å². The quantitative estimate of drug-likeness (QED) is 0.401. The molecule has 1 aliphatic carbocycles. The van der Waals surface area contributed by atoms with Crippen LogP contribution in [0.15, 0.2) is 0 Å². The van der Waals surface area contributed by atoms with Crippen LogP contribution in [0.1, 0.15) is 72.1 Å². The van der Waals surface area contributed by atoms with E-state index in [0.29, 0.717) is 0 Å². The van der Waals surface area contributed by atoms with Gasteiger partial charge in [-0.3, -0.25) is 0 Å². The van der Waals surface area contributed by atoms with E-state index in [-0.39, 0.29) is 5.60 Å². The maximum atomic E-state index is 6.41. The normalized spacial score (nSPS) is 30.3. The highest BCUT2D eigenvalue weighted by atomic mass is 127. The molecule has 108 valence electrons. The Hall–Kier alpha value is 0.690. The number of hydrogen-bond donors (Lipinski definition) is 0. The largest absolute Gasteiger partial charge is 0.374 e. The number of alkyl halides is 1. The van der Waals surface area contributed by atoms with Gasteiger partial charge < -0.3 is 4.74 Å². The molecule has 1 aliphatic rings. The van der Waals surface area contributed by atoms with Gasteiger partial charge in [-0.05, 0) is 43.9 Å². The molecule has 0 aromatic heterocycles. The molecule has 2 heteroatoms. The Morgan fingerprint density at radius 3 is 2.44 bits per heavy atom. The second-order valence-corrected chi connectivity index (χ2v) is 6.99. The molecule has 1 atom stereocenters. The van der Waals surface area contributed by atoms with E-state index in [2.05, 4.69) is 43.4 Å². The van der Waals surface area contributed by atoms with Gasteiger partial charge in [0.15, 0.2) is 0 Å². The van der Waals surface area contributed by atoms with E-state index in [4.69, 9.17) is 4.74 Å². The van der Waals surface area contributed by atoms with Crippen LogP contribution in [0.4, 0.5) is 0 Å². The molecular weight excluding hydrogens is 335 g/mol. The molecule has 1 rings (SSSR count). The molecule has 1 unspecified atom stereocenters. The third-order valence-corrected chi connectivity index (χ3v) is 5.99. The standard InChI is InChI=1S/C16H31IO/c1-4-6-7-15(5-2)12-18-16(13-17)10-8-14(3)9-11-16/h14-15H,4-13H2,1-3H3. The van der Waals surface area contributed by atoms with Gasteiger partial charge in [-0.25, -0.2) is 0 Å². The summed E-state index contributed by atoms with van der Waals surface area (Å²) in [4.78, 5) is 0. The molecule has 0 aliphatic heterocycles. The van der Waals surface area contributed by atoms with Gasteiger partial charge in [-0.2, -0.15) is 0 Å². The fourth-order valence-electron chi connectivity index (χ4n) is 2.80. The summed E-state index contributed by atoms with van der Waals surface area (Å²) >= 11 is 2.53. The van der Waals surface area contributed by atoms with Crippen molar-refractivity contribution in [1.82, 2.24) is 0 Å². The molecule has 0 aromatic carbocycles. The van der Waals surface area contributed by atoms with Gasteiger partial charge in [0.2, 0.25) is 0 Å². The summed E-state index contributed by atoms with van der Waals surface area (Å²) in [7, 11) is 0. The zero-order chi connectivity index (χ0) is 13.4. The first-order valence-electron chi connectivity index (χ1n) is 7.85. The summed E-state index contributed by atoms with van der Waals surface area (Å²) in [6.07, 6.45) is 10.6. The molecule has 1 nitrogen and oxygen atoms in total. The molecule has 0 N–H and O–H groups in total. The molecule has 18 heavy (non-hydrogen) atoms. The van der Waals surface area contributed by atoms with Gasteiger partial charge in [-0.1, -0.05) is 62.6 Å². The average Bonchev–Trinajstić information content (AvgIpc) is 2.41. The highest BCUT2D eigenvalue weighted by Crippen LogP contribution is 2.36. The second-order valence-electron chi connectivity index (χ2n) is 6.23. The lowest BCUT2D eigenvalue weighted by atomic mass is 9.80.